The molecule has 0 spiro atoms. The van der Waals surface area contributed by atoms with E-state index in [1.54, 1.807) is 16.5 Å². The van der Waals surface area contributed by atoms with Crippen LogP contribution in [0.5, 0.6) is 0 Å². The molecule has 2 aliphatic heterocycles. The van der Waals surface area contributed by atoms with Crippen LogP contribution >= 0.6 is 22.9 Å². The highest BCUT2D eigenvalue weighted by atomic mass is 35.5. The maximum atomic E-state index is 15.9. The minimum Gasteiger partial charge on any atom is -0.392 e. The Bertz CT molecular complexity index is 1340. The minimum absolute atomic E-state index is 0.0850. The summed E-state index contributed by atoms with van der Waals surface area (Å²) in [4.78, 5) is 10.8. The molecule has 0 saturated carbocycles. The number of aliphatic hydroxyl groups is 1. The van der Waals surface area contributed by atoms with Crippen LogP contribution in [0, 0.1) is 5.82 Å². The van der Waals surface area contributed by atoms with Crippen molar-refractivity contribution in [2.24, 2.45) is 4.99 Å². The van der Waals surface area contributed by atoms with Crippen LogP contribution in [0.2, 0.25) is 5.02 Å². The van der Waals surface area contributed by atoms with Crippen LogP contribution in [-0.4, -0.2) is 49.4 Å². The molecule has 5 rings (SSSR count). The van der Waals surface area contributed by atoms with Gasteiger partial charge in [-0.05, 0) is 24.3 Å². The van der Waals surface area contributed by atoms with Crippen molar-refractivity contribution in [3.05, 3.63) is 87.0 Å². The summed E-state index contributed by atoms with van der Waals surface area (Å²) in [7, 11) is 0. The largest absolute Gasteiger partial charge is 0.392 e. The highest BCUT2D eigenvalue weighted by Gasteiger charge is 2.47. The Morgan fingerprint density at radius 3 is 2.80 bits per heavy atom. The second-order valence-corrected chi connectivity index (χ2v) is 9.36. The quantitative estimate of drug-likeness (QED) is 0.347. The summed E-state index contributed by atoms with van der Waals surface area (Å²) in [5.41, 5.74) is -0.421. The molecule has 0 amide bonds. The van der Waals surface area contributed by atoms with E-state index in [0.29, 0.717) is 32.4 Å². The van der Waals surface area contributed by atoms with Crippen LogP contribution < -0.4 is 0 Å². The number of thiazole rings is 1. The molecule has 0 unspecified atom stereocenters. The number of amidine groups is 1. The molecule has 2 aromatic heterocycles. The number of benzene rings is 1. The van der Waals surface area contributed by atoms with Crippen LogP contribution in [-0.2, 0) is 0 Å². The van der Waals surface area contributed by atoms with Gasteiger partial charge in [0, 0.05) is 46.1 Å². The van der Waals surface area contributed by atoms with E-state index in [2.05, 4.69) is 10.1 Å². The lowest BCUT2D eigenvalue weighted by molar-refractivity contribution is 0.0564. The number of hydrogen-bond acceptors (Lipinski definition) is 6. The zero-order valence-corrected chi connectivity index (χ0v) is 19.5. The standard InChI is InChI=1S/C23H18ClF4N5OS/c24-15-10-13(25)2-3-14(15)19-18(16-4-7-33(31-16)22(26)27)17-11-23(28,5-1-8-34)12-32(17)20(30-19)21-29-6-9-35-21/h1-7,9-10,19,22,34H,8,11-12H2/b5-1+/t19-,23+/m0/s1. The van der Waals surface area contributed by atoms with E-state index in [1.807, 2.05) is 0 Å². The third-order valence-electron chi connectivity index (χ3n) is 5.79. The fraction of sp³-hybridized carbons (Fsp3) is 0.261. The molecule has 2 aliphatic rings. The monoisotopic (exact) mass is 523 g/mol. The average Bonchev–Trinajstić information content (AvgIpc) is 3.57. The fourth-order valence-corrected chi connectivity index (χ4v) is 5.26. The Morgan fingerprint density at radius 2 is 2.14 bits per heavy atom. The molecule has 182 valence electrons. The Kier molecular flexibility index (Phi) is 6.24. The van der Waals surface area contributed by atoms with Gasteiger partial charge in [0.25, 0.3) is 0 Å². The second-order valence-electron chi connectivity index (χ2n) is 8.06. The van der Waals surface area contributed by atoms with E-state index < -0.39 is 24.1 Å². The lowest BCUT2D eigenvalue weighted by Gasteiger charge is -2.32. The first-order valence-corrected chi connectivity index (χ1v) is 11.8. The highest BCUT2D eigenvalue weighted by Crippen LogP contribution is 2.49. The number of aliphatic hydroxyl groups excluding tert-OH is 1. The van der Waals surface area contributed by atoms with Crippen molar-refractivity contribution in [3.8, 4) is 0 Å². The van der Waals surface area contributed by atoms with Crippen LogP contribution in [0.3, 0.4) is 0 Å². The SMILES string of the molecule is OC/C=C/[C@@]1(F)CC2=C(c3ccn(C(F)F)n3)[C@H](c3ccc(F)cc3Cl)N=C(c3nccs3)N2C1. The number of allylic oxidation sites excluding steroid dienone is 1. The third kappa shape index (κ3) is 4.39. The average molecular weight is 524 g/mol. The number of fused-ring (bicyclic) bond motifs is 1. The predicted molar refractivity (Wildman–Crippen MR) is 125 cm³/mol. The minimum atomic E-state index is -2.87. The molecule has 0 radical (unpaired) electrons. The Morgan fingerprint density at radius 1 is 1.31 bits per heavy atom. The number of alkyl halides is 3. The van der Waals surface area contributed by atoms with Gasteiger partial charge in [0.1, 0.15) is 11.9 Å². The topological polar surface area (TPSA) is 66.5 Å². The van der Waals surface area contributed by atoms with E-state index in [1.165, 1.54) is 41.7 Å². The van der Waals surface area contributed by atoms with E-state index in [9.17, 15) is 18.3 Å². The van der Waals surface area contributed by atoms with Gasteiger partial charge in [-0.2, -0.15) is 13.9 Å². The summed E-state index contributed by atoms with van der Waals surface area (Å²) in [5, 5.41) is 15.6. The van der Waals surface area contributed by atoms with Gasteiger partial charge < -0.3 is 10.0 Å². The van der Waals surface area contributed by atoms with Gasteiger partial charge in [-0.25, -0.2) is 18.4 Å². The molecular weight excluding hydrogens is 506 g/mol. The van der Waals surface area contributed by atoms with E-state index >= 15 is 4.39 Å². The highest BCUT2D eigenvalue weighted by molar-refractivity contribution is 7.11. The molecule has 1 saturated heterocycles. The molecule has 0 aliphatic carbocycles. The maximum absolute atomic E-state index is 15.9. The van der Waals surface area contributed by atoms with Crippen molar-refractivity contribution >= 4 is 34.3 Å². The number of hydrogen-bond donors (Lipinski definition) is 1. The second kappa shape index (κ2) is 9.21. The van der Waals surface area contributed by atoms with Crippen LogP contribution in [0.25, 0.3) is 5.57 Å². The smallest absolute Gasteiger partial charge is 0.333 e. The number of rotatable bonds is 6. The first-order valence-electron chi connectivity index (χ1n) is 10.5. The van der Waals surface area contributed by atoms with Crippen molar-refractivity contribution in [2.75, 3.05) is 13.2 Å². The fourth-order valence-electron chi connectivity index (χ4n) is 4.35. The van der Waals surface area contributed by atoms with E-state index in [4.69, 9.17) is 16.6 Å². The zero-order valence-electron chi connectivity index (χ0n) is 18.0. The predicted octanol–water partition coefficient (Wildman–Crippen LogP) is 5.40. The summed E-state index contributed by atoms with van der Waals surface area (Å²) < 4.78 is 56.9. The van der Waals surface area contributed by atoms with Crippen molar-refractivity contribution < 1.29 is 22.7 Å². The summed E-state index contributed by atoms with van der Waals surface area (Å²) in [6.45, 7) is -3.33. The summed E-state index contributed by atoms with van der Waals surface area (Å²) in [6, 6.07) is 4.36. The lowest BCUT2D eigenvalue weighted by Crippen LogP contribution is -2.35. The summed E-state index contributed by atoms with van der Waals surface area (Å²) in [6.07, 6.45) is 5.20. The number of aromatic nitrogens is 3. The number of aliphatic imine (C=N–C) groups is 1. The Labute approximate surface area is 206 Å². The van der Waals surface area contributed by atoms with Gasteiger partial charge >= 0.3 is 6.55 Å². The number of nitrogens with zero attached hydrogens (tertiary/aromatic N) is 5. The van der Waals surface area contributed by atoms with Gasteiger partial charge in [0.2, 0.25) is 0 Å². The Hall–Kier alpha value is -3.02. The first kappa shape index (κ1) is 23.7. The summed E-state index contributed by atoms with van der Waals surface area (Å²) in [5.74, 6) is -0.163. The Balaban J connectivity index is 1.75. The molecule has 12 heteroatoms. The molecule has 6 nitrogen and oxygen atoms in total. The van der Waals surface area contributed by atoms with Crippen molar-refractivity contribution in [3.63, 3.8) is 0 Å². The van der Waals surface area contributed by atoms with Gasteiger partial charge in [-0.15, -0.1) is 11.3 Å². The van der Waals surface area contributed by atoms with Gasteiger partial charge in [-0.3, -0.25) is 4.99 Å². The molecular formula is C23H18ClF4N5OS. The van der Waals surface area contributed by atoms with Crippen LogP contribution in [0.15, 0.2) is 64.9 Å². The van der Waals surface area contributed by atoms with Crippen LogP contribution in [0.1, 0.15) is 35.3 Å². The molecule has 1 N–H and O–H groups in total. The third-order valence-corrected chi connectivity index (χ3v) is 6.88. The van der Waals surface area contributed by atoms with Crippen molar-refractivity contribution in [1.29, 1.82) is 0 Å². The molecule has 2 atom stereocenters. The zero-order chi connectivity index (χ0) is 24.7. The molecule has 3 aromatic rings. The first-order chi connectivity index (χ1) is 16.8. The molecule has 1 aromatic carbocycles. The summed E-state index contributed by atoms with van der Waals surface area (Å²) >= 11 is 7.70. The van der Waals surface area contributed by atoms with Crippen molar-refractivity contribution in [1.82, 2.24) is 19.7 Å². The van der Waals surface area contributed by atoms with Gasteiger partial charge in [0.05, 0.1) is 18.8 Å². The maximum Gasteiger partial charge on any atom is 0.333 e. The van der Waals surface area contributed by atoms with Gasteiger partial charge in [-0.1, -0.05) is 23.7 Å². The molecule has 35 heavy (non-hydrogen) atoms. The molecule has 4 heterocycles. The van der Waals surface area contributed by atoms with E-state index in [0.717, 1.165) is 12.3 Å². The normalized spacial score (nSPS) is 22.4. The van der Waals surface area contributed by atoms with E-state index in [-0.39, 0.29) is 30.3 Å². The lowest BCUT2D eigenvalue weighted by atomic mass is 9.91. The van der Waals surface area contributed by atoms with Gasteiger partial charge in [0.15, 0.2) is 16.5 Å². The molecule has 0 bridgehead atoms. The van der Waals surface area contributed by atoms with Crippen molar-refractivity contribution in [2.45, 2.75) is 24.7 Å². The molecule has 1 fully saturated rings. The van der Waals surface area contributed by atoms with Crippen LogP contribution in [0.4, 0.5) is 17.6 Å². The number of halogens is 5.